The van der Waals surface area contributed by atoms with Gasteiger partial charge in [0.15, 0.2) is 10.2 Å². The normalized spacial score (nSPS) is 11.9. The Morgan fingerprint density at radius 2 is 2.18 bits per heavy atom. The van der Waals surface area contributed by atoms with Gasteiger partial charge in [0.25, 0.3) is 0 Å². The van der Waals surface area contributed by atoms with Crippen LogP contribution in [0.1, 0.15) is 17.0 Å². The molecule has 1 aromatic rings. The zero-order valence-corrected chi connectivity index (χ0v) is 10.3. The number of nitriles is 1. The standard InChI is InChI=1S/C9H7F3N2OS2/c1-5-7(4-13)16-9(14-5)17(15)3-2-6(10)8(11)12/h2-3H2,1H3. The maximum atomic E-state index is 12.5. The first kappa shape index (κ1) is 13.9. The monoisotopic (exact) mass is 280 g/mol. The zero-order chi connectivity index (χ0) is 13.0. The fraction of sp³-hybridized carbons (Fsp3) is 0.333. The largest absolute Gasteiger partial charge is 0.301 e. The summed E-state index contributed by atoms with van der Waals surface area (Å²) in [7, 11) is -1.66. The smallest absolute Gasteiger partial charge is 0.252 e. The number of halogens is 3. The molecular weight excluding hydrogens is 273 g/mol. The fourth-order valence-corrected chi connectivity index (χ4v) is 3.18. The molecule has 8 heteroatoms. The number of nitrogens with zero attached hydrogens (tertiary/aromatic N) is 2. The average molecular weight is 280 g/mol. The van der Waals surface area contributed by atoms with E-state index in [0.29, 0.717) is 10.6 Å². The van der Waals surface area contributed by atoms with Gasteiger partial charge in [-0.25, -0.2) is 9.37 Å². The summed E-state index contributed by atoms with van der Waals surface area (Å²) in [5, 5.41) is 8.66. The Hall–Kier alpha value is -1.20. The summed E-state index contributed by atoms with van der Waals surface area (Å²) in [4.78, 5) is 4.19. The molecule has 0 aliphatic carbocycles. The molecule has 17 heavy (non-hydrogen) atoms. The summed E-state index contributed by atoms with van der Waals surface area (Å²) in [6.07, 6.45) is -3.00. The molecule has 0 radical (unpaired) electrons. The molecule has 1 rings (SSSR count). The third-order valence-electron chi connectivity index (χ3n) is 1.79. The van der Waals surface area contributed by atoms with Crippen LogP contribution in [-0.4, -0.2) is 14.9 Å². The van der Waals surface area contributed by atoms with Crippen molar-refractivity contribution in [2.24, 2.45) is 0 Å². The molecule has 0 amide bonds. The third kappa shape index (κ3) is 3.64. The molecule has 0 N–H and O–H groups in total. The van der Waals surface area contributed by atoms with Gasteiger partial charge in [-0.15, -0.1) is 0 Å². The Bertz CT molecular complexity index is 515. The topological polar surface area (TPSA) is 53.8 Å². The van der Waals surface area contributed by atoms with Gasteiger partial charge < -0.3 is 0 Å². The van der Waals surface area contributed by atoms with E-state index in [1.54, 1.807) is 6.92 Å². The van der Waals surface area contributed by atoms with Crippen molar-refractivity contribution in [3.63, 3.8) is 0 Å². The summed E-state index contributed by atoms with van der Waals surface area (Å²) < 4.78 is 47.7. The Morgan fingerprint density at radius 1 is 1.53 bits per heavy atom. The second-order valence-electron chi connectivity index (χ2n) is 2.97. The van der Waals surface area contributed by atoms with Crippen molar-refractivity contribution in [2.45, 2.75) is 17.7 Å². The lowest BCUT2D eigenvalue weighted by Crippen LogP contribution is -1.98. The highest BCUT2D eigenvalue weighted by atomic mass is 32.2. The minimum Gasteiger partial charge on any atom is -0.252 e. The predicted molar refractivity (Wildman–Crippen MR) is 57.8 cm³/mol. The van der Waals surface area contributed by atoms with Crippen LogP contribution in [0.2, 0.25) is 0 Å². The Kier molecular flexibility index (Phi) is 4.84. The average Bonchev–Trinajstić information content (AvgIpc) is 2.66. The summed E-state index contributed by atoms with van der Waals surface area (Å²) in [5.41, 5.74) is 0.438. The van der Waals surface area contributed by atoms with Crippen LogP contribution in [0.5, 0.6) is 0 Å². The number of hydrogen-bond acceptors (Lipinski definition) is 4. The van der Waals surface area contributed by atoms with Crippen molar-refractivity contribution in [2.75, 3.05) is 5.75 Å². The van der Waals surface area contributed by atoms with Crippen LogP contribution in [0, 0.1) is 18.3 Å². The first-order valence-corrected chi connectivity index (χ1v) is 6.54. The molecule has 0 spiro atoms. The highest BCUT2D eigenvalue weighted by molar-refractivity contribution is 7.87. The van der Waals surface area contributed by atoms with Gasteiger partial charge in [-0.2, -0.15) is 14.0 Å². The van der Waals surface area contributed by atoms with E-state index in [2.05, 4.69) is 4.98 Å². The van der Waals surface area contributed by atoms with Crippen molar-refractivity contribution in [3.05, 3.63) is 22.5 Å². The zero-order valence-electron chi connectivity index (χ0n) is 8.67. The Balaban J connectivity index is 2.72. The Morgan fingerprint density at radius 3 is 2.65 bits per heavy atom. The second-order valence-corrected chi connectivity index (χ2v) is 5.71. The van der Waals surface area contributed by atoms with Gasteiger partial charge >= 0.3 is 6.08 Å². The fourth-order valence-electron chi connectivity index (χ4n) is 0.937. The van der Waals surface area contributed by atoms with Gasteiger partial charge in [0.05, 0.1) is 16.5 Å². The van der Waals surface area contributed by atoms with Crippen LogP contribution in [-0.2, 0) is 10.8 Å². The van der Waals surface area contributed by atoms with Gasteiger partial charge in [0.1, 0.15) is 10.9 Å². The molecule has 92 valence electrons. The molecule has 0 fully saturated rings. The van der Waals surface area contributed by atoms with E-state index in [9.17, 15) is 17.4 Å². The van der Waals surface area contributed by atoms with Crippen LogP contribution in [0.15, 0.2) is 16.2 Å². The van der Waals surface area contributed by atoms with Crippen LogP contribution in [0.3, 0.4) is 0 Å². The lowest BCUT2D eigenvalue weighted by molar-refractivity contribution is 0.373. The third-order valence-corrected chi connectivity index (χ3v) is 4.51. The Labute approximate surface area is 102 Å². The van der Waals surface area contributed by atoms with Crippen molar-refractivity contribution >= 4 is 22.1 Å². The number of aryl methyl sites for hydroxylation is 1. The van der Waals surface area contributed by atoms with Gasteiger partial charge in [0, 0.05) is 12.2 Å². The molecule has 1 unspecified atom stereocenters. The molecular formula is C9H7F3N2OS2. The van der Waals surface area contributed by atoms with E-state index in [1.807, 2.05) is 6.07 Å². The minimum atomic E-state index is -2.39. The molecule has 0 saturated carbocycles. The van der Waals surface area contributed by atoms with Crippen LogP contribution in [0.4, 0.5) is 13.2 Å². The van der Waals surface area contributed by atoms with E-state index < -0.39 is 29.1 Å². The first-order valence-electron chi connectivity index (χ1n) is 4.41. The molecule has 1 atom stereocenters. The van der Waals surface area contributed by atoms with E-state index in [0.717, 1.165) is 11.3 Å². The number of rotatable bonds is 4. The molecule has 0 aliphatic heterocycles. The lowest BCUT2D eigenvalue weighted by Gasteiger charge is -1.95. The molecule has 1 heterocycles. The van der Waals surface area contributed by atoms with Gasteiger partial charge in [-0.3, -0.25) is 4.21 Å². The van der Waals surface area contributed by atoms with Crippen LogP contribution < -0.4 is 0 Å². The van der Waals surface area contributed by atoms with Crippen molar-refractivity contribution in [3.8, 4) is 6.07 Å². The lowest BCUT2D eigenvalue weighted by atomic mass is 10.4. The van der Waals surface area contributed by atoms with E-state index >= 15 is 0 Å². The summed E-state index contributed by atoms with van der Waals surface area (Å²) in [5.74, 6) is -1.84. The second kappa shape index (κ2) is 5.93. The number of aromatic nitrogens is 1. The SMILES string of the molecule is Cc1nc(S(=O)CCC(F)=C(F)F)sc1C#N. The molecule has 0 saturated heterocycles. The molecule has 1 aromatic heterocycles. The van der Waals surface area contributed by atoms with Gasteiger partial charge in [0.2, 0.25) is 0 Å². The number of thiazole rings is 1. The predicted octanol–water partition coefficient (Wildman–Crippen LogP) is 2.90. The van der Waals surface area contributed by atoms with Gasteiger partial charge in [-0.1, -0.05) is 11.3 Å². The number of hydrogen-bond donors (Lipinski definition) is 0. The van der Waals surface area contributed by atoms with Crippen molar-refractivity contribution in [1.82, 2.24) is 4.98 Å². The van der Waals surface area contributed by atoms with E-state index in [1.165, 1.54) is 0 Å². The van der Waals surface area contributed by atoms with Crippen LogP contribution in [0.25, 0.3) is 0 Å². The van der Waals surface area contributed by atoms with Gasteiger partial charge in [-0.05, 0) is 6.92 Å². The quantitative estimate of drug-likeness (QED) is 0.852. The summed E-state index contributed by atoms with van der Waals surface area (Å²) in [6, 6.07) is 1.87. The molecule has 3 nitrogen and oxygen atoms in total. The highest BCUT2D eigenvalue weighted by Gasteiger charge is 2.14. The number of allylic oxidation sites excluding steroid dienone is 1. The summed E-state index contributed by atoms with van der Waals surface area (Å²) in [6.45, 7) is 1.58. The minimum absolute atomic E-state index is 0.158. The molecule has 0 aromatic carbocycles. The molecule has 0 bridgehead atoms. The van der Waals surface area contributed by atoms with E-state index in [4.69, 9.17) is 5.26 Å². The highest BCUT2D eigenvalue weighted by Crippen LogP contribution is 2.22. The van der Waals surface area contributed by atoms with Crippen molar-refractivity contribution in [1.29, 1.82) is 5.26 Å². The summed E-state index contributed by atoms with van der Waals surface area (Å²) >= 11 is 0.929. The van der Waals surface area contributed by atoms with E-state index in [-0.39, 0.29) is 10.1 Å². The maximum Gasteiger partial charge on any atom is 0.301 e. The molecule has 0 aliphatic rings. The maximum absolute atomic E-state index is 12.5. The van der Waals surface area contributed by atoms with Crippen LogP contribution >= 0.6 is 11.3 Å². The first-order chi connectivity index (χ1) is 7.95. The van der Waals surface area contributed by atoms with Crippen molar-refractivity contribution < 1.29 is 17.4 Å².